The van der Waals surface area contributed by atoms with Crippen LogP contribution >= 0.6 is 15.9 Å². The lowest BCUT2D eigenvalue weighted by atomic mass is 9.86. The van der Waals surface area contributed by atoms with Gasteiger partial charge in [-0.1, -0.05) is 0 Å². The number of hydrazine groups is 1. The summed E-state index contributed by atoms with van der Waals surface area (Å²) in [6, 6.07) is 3.30. The maximum atomic E-state index is 11.9. The SMILES string of the molecule is CC1(C)C=C(NNC(=O)c2ccc(Br)o2)CC(C)(C)N1. The van der Waals surface area contributed by atoms with E-state index in [0.717, 1.165) is 12.1 Å². The first kappa shape index (κ1) is 15.1. The monoisotopic (exact) mass is 341 g/mol. The number of rotatable bonds is 3. The summed E-state index contributed by atoms with van der Waals surface area (Å²) in [5.41, 5.74) is 6.48. The van der Waals surface area contributed by atoms with Gasteiger partial charge in [0, 0.05) is 23.2 Å². The van der Waals surface area contributed by atoms with Crippen LogP contribution in [-0.4, -0.2) is 17.0 Å². The molecule has 0 fully saturated rings. The van der Waals surface area contributed by atoms with Gasteiger partial charge in [0.2, 0.25) is 0 Å². The molecule has 0 saturated carbocycles. The van der Waals surface area contributed by atoms with Gasteiger partial charge >= 0.3 is 5.91 Å². The van der Waals surface area contributed by atoms with Gasteiger partial charge in [0.05, 0.1) is 0 Å². The summed E-state index contributed by atoms with van der Waals surface area (Å²) in [7, 11) is 0. The molecule has 3 N–H and O–H groups in total. The molecule has 0 spiro atoms. The number of nitrogens with one attached hydrogen (secondary N) is 3. The third-order valence-electron chi connectivity index (χ3n) is 2.96. The highest BCUT2D eigenvalue weighted by atomic mass is 79.9. The van der Waals surface area contributed by atoms with E-state index in [1.165, 1.54) is 0 Å². The fraction of sp³-hybridized carbons (Fsp3) is 0.500. The summed E-state index contributed by atoms with van der Waals surface area (Å²) < 4.78 is 5.73. The fourth-order valence-electron chi connectivity index (χ4n) is 2.63. The van der Waals surface area contributed by atoms with Gasteiger partial charge in [-0.05, 0) is 61.8 Å². The lowest BCUT2D eigenvalue weighted by Gasteiger charge is -2.41. The Bertz CT molecular complexity index is 546. The van der Waals surface area contributed by atoms with Crippen molar-refractivity contribution >= 4 is 21.8 Å². The Labute approximate surface area is 127 Å². The predicted molar refractivity (Wildman–Crippen MR) is 81.0 cm³/mol. The molecule has 2 heterocycles. The van der Waals surface area contributed by atoms with Gasteiger partial charge in [0.15, 0.2) is 10.4 Å². The van der Waals surface area contributed by atoms with Crippen LogP contribution in [0.4, 0.5) is 0 Å². The summed E-state index contributed by atoms with van der Waals surface area (Å²) in [6.07, 6.45) is 2.88. The topological polar surface area (TPSA) is 66.3 Å². The number of hydrogen-bond donors (Lipinski definition) is 3. The Morgan fingerprint density at radius 2 is 2.05 bits per heavy atom. The first-order chi connectivity index (χ1) is 9.17. The van der Waals surface area contributed by atoms with E-state index in [-0.39, 0.29) is 22.7 Å². The Hall–Kier alpha value is -1.27. The van der Waals surface area contributed by atoms with Crippen LogP contribution in [-0.2, 0) is 0 Å². The van der Waals surface area contributed by atoms with Gasteiger partial charge in [0.1, 0.15) is 0 Å². The number of amides is 1. The quantitative estimate of drug-likeness (QED) is 0.739. The number of carbonyl (C=O) groups is 1. The zero-order chi connectivity index (χ0) is 15.0. The molecular formula is C14H20BrN3O2. The molecule has 0 aliphatic carbocycles. The standard InChI is InChI=1S/C14H20BrN3O2/c1-13(2)7-9(8-14(3,4)18-13)16-17-12(19)10-5-6-11(15)20-10/h5-7,16,18H,8H2,1-4H3,(H,17,19). The predicted octanol–water partition coefficient (Wildman–Crippen LogP) is 2.71. The van der Waals surface area contributed by atoms with E-state index in [2.05, 4.69) is 65.9 Å². The van der Waals surface area contributed by atoms with Crippen LogP contribution in [0.15, 0.2) is 33.0 Å². The first-order valence-corrected chi connectivity index (χ1v) is 7.29. The van der Waals surface area contributed by atoms with Crippen molar-refractivity contribution in [2.75, 3.05) is 0 Å². The van der Waals surface area contributed by atoms with Crippen LogP contribution in [0.3, 0.4) is 0 Å². The highest BCUT2D eigenvalue weighted by molar-refractivity contribution is 9.10. The van der Waals surface area contributed by atoms with E-state index in [1.54, 1.807) is 12.1 Å². The average Bonchev–Trinajstić information content (AvgIpc) is 2.68. The van der Waals surface area contributed by atoms with E-state index in [0.29, 0.717) is 4.67 Å². The molecule has 0 unspecified atom stereocenters. The van der Waals surface area contributed by atoms with E-state index < -0.39 is 0 Å². The third kappa shape index (κ3) is 3.86. The minimum atomic E-state index is -0.300. The Morgan fingerprint density at radius 1 is 1.35 bits per heavy atom. The smallest absolute Gasteiger partial charge is 0.305 e. The molecule has 1 aromatic heterocycles. The normalized spacial score (nSPS) is 20.1. The summed E-state index contributed by atoms with van der Waals surface area (Å²) in [5, 5.41) is 3.53. The van der Waals surface area contributed by atoms with Crippen molar-refractivity contribution in [1.29, 1.82) is 0 Å². The Kier molecular flexibility index (Phi) is 3.97. The number of carbonyl (C=O) groups excluding carboxylic acids is 1. The van der Waals surface area contributed by atoms with Gasteiger partial charge in [-0.2, -0.15) is 0 Å². The Balaban J connectivity index is 2.00. The van der Waals surface area contributed by atoms with Crippen molar-refractivity contribution < 1.29 is 9.21 Å². The fourth-order valence-corrected chi connectivity index (χ4v) is 2.94. The first-order valence-electron chi connectivity index (χ1n) is 6.50. The largest absolute Gasteiger partial charge is 0.444 e. The molecule has 5 nitrogen and oxygen atoms in total. The molecule has 1 aliphatic heterocycles. The third-order valence-corrected chi connectivity index (χ3v) is 3.39. The zero-order valence-electron chi connectivity index (χ0n) is 12.1. The van der Waals surface area contributed by atoms with Gasteiger partial charge in [-0.3, -0.25) is 10.2 Å². The second-order valence-corrected chi connectivity index (χ2v) is 7.04. The summed E-state index contributed by atoms with van der Waals surface area (Å²) in [6.45, 7) is 8.46. The van der Waals surface area contributed by atoms with Crippen LogP contribution in [0, 0.1) is 0 Å². The van der Waals surface area contributed by atoms with E-state index in [4.69, 9.17) is 4.42 Å². The minimum absolute atomic E-state index is 0.0287. The molecule has 0 aromatic carbocycles. The minimum Gasteiger partial charge on any atom is -0.444 e. The summed E-state index contributed by atoms with van der Waals surface area (Å²) >= 11 is 3.17. The maximum Gasteiger partial charge on any atom is 0.305 e. The van der Waals surface area contributed by atoms with Gasteiger partial charge in [-0.25, -0.2) is 0 Å². The molecular weight excluding hydrogens is 322 g/mol. The molecule has 0 bridgehead atoms. The summed E-state index contributed by atoms with van der Waals surface area (Å²) in [4.78, 5) is 11.9. The molecule has 0 atom stereocenters. The second-order valence-electron chi connectivity index (χ2n) is 6.26. The molecule has 6 heteroatoms. The van der Waals surface area contributed by atoms with E-state index >= 15 is 0 Å². The average molecular weight is 342 g/mol. The second kappa shape index (κ2) is 5.26. The lowest BCUT2D eigenvalue weighted by molar-refractivity contribution is 0.0906. The molecule has 0 radical (unpaired) electrons. The van der Waals surface area contributed by atoms with Crippen LogP contribution in [0.25, 0.3) is 0 Å². The van der Waals surface area contributed by atoms with Crippen molar-refractivity contribution in [2.45, 2.75) is 45.2 Å². The molecule has 1 aromatic rings. The molecule has 2 rings (SSSR count). The maximum absolute atomic E-state index is 11.9. The van der Waals surface area contributed by atoms with Crippen molar-refractivity contribution in [2.24, 2.45) is 0 Å². The zero-order valence-corrected chi connectivity index (χ0v) is 13.7. The van der Waals surface area contributed by atoms with E-state index in [9.17, 15) is 4.79 Å². The molecule has 1 amide bonds. The highest BCUT2D eigenvalue weighted by Crippen LogP contribution is 2.25. The van der Waals surface area contributed by atoms with Crippen molar-refractivity contribution in [3.05, 3.63) is 34.3 Å². The van der Waals surface area contributed by atoms with Gasteiger partial charge in [-0.15, -0.1) is 0 Å². The molecule has 110 valence electrons. The van der Waals surface area contributed by atoms with Crippen LogP contribution in [0.5, 0.6) is 0 Å². The highest BCUT2D eigenvalue weighted by Gasteiger charge is 2.32. The van der Waals surface area contributed by atoms with Crippen molar-refractivity contribution in [3.8, 4) is 0 Å². The van der Waals surface area contributed by atoms with Crippen LogP contribution in [0.2, 0.25) is 0 Å². The van der Waals surface area contributed by atoms with Gasteiger partial charge in [0.25, 0.3) is 0 Å². The number of halogens is 1. The van der Waals surface area contributed by atoms with Gasteiger partial charge < -0.3 is 15.2 Å². The number of furan rings is 1. The lowest BCUT2D eigenvalue weighted by Crippen LogP contribution is -2.56. The summed E-state index contributed by atoms with van der Waals surface area (Å²) in [5.74, 6) is -0.0387. The van der Waals surface area contributed by atoms with Crippen LogP contribution in [0.1, 0.15) is 44.7 Å². The molecule has 1 aliphatic rings. The Morgan fingerprint density at radius 3 is 2.60 bits per heavy atom. The van der Waals surface area contributed by atoms with E-state index in [1.807, 2.05) is 0 Å². The molecule has 20 heavy (non-hydrogen) atoms. The number of hydrogen-bond acceptors (Lipinski definition) is 4. The molecule has 0 saturated heterocycles. The van der Waals surface area contributed by atoms with Crippen molar-refractivity contribution in [1.82, 2.24) is 16.2 Å². The van der Waals surface area contributed by atoms with Crippen LogP contribution < -0.4 is 16.2 Å². The van der Waals surface area contributed by atoms with Crippen molar-refractivity contribution in [3.63, 3.8) is 0 Å².